The van der Waals surface area contributed by atoms with Crippen molar-refractivity contribution in [2.24, 2.45) is 5.41 Å². The second kappa shape index (κ2) is 5.57. The molecular weight excluding hydrogens is 250 g/mol. The van der Waals surface area contributed by atoms with E-state index in [1.807, 2.05) is 23.1 Å². The van der Waals surface area contributed by atoms with Gasteiger partial charge in [0.1, 0.15) is 0 Å². The highest BCUT2D eigenvalue weighted by molar-refractivity contribution is 5.76. The van der Waals surface area contributed by atoms with Crippen LogP contribution in [0.4, 0.5) is 0 Å². The molecule has 1 heterocycles. The standard InChI is InChI=1S/C17H23NO2/c19-15-8-9-17(15)10-12-18(13-11-17)16(20)7-6-14-4-2-1-3-5-14/h1-5,15,19H,6-13H2. The average molecular weight is 273 g/mol. The molecule has 1 saturated carbocycles. The summed E-state index contributed by atoms with van der Waals surface area (Å²) in [5, 5.41) is 9.90. The molecule has 1 aromatic rings. The second-order valence-corrected chi connectivity index (χ2v) is 6.28. The van der Waals surface area contributed by atoms with Crippen LogP contribution in [0.3, 0.4) is 0 Å². The minimum absolute atomic E-state index is 0.121. The van der Waals surface area contributed by atoms with Crippen LogP contribution in [0.2, 0.25) is 0 Å². The lowest BCUT2D eigenvalue weighted by molar-refractivity contribution is -0.141. The lowest BCUT2D eigenvalue weighted by Crippen LogP contribution is -2.53. The van der Waals surface area contributed by atoms with Crippen molar-refractivity contribution in [2.45, 2.75) is 44.6 Å². The molecule has 1 saturated heterocycles. The number of carbonyl (C=O) groups is 1. The largest absolute Gasteiger partial charge is 0.393 e. The molecule has 1 aliphatic heterocycles. The molecule has 1 atom stereocenters. The van der Waals surface area contributed by atoms with Crippen LogP contribution >= 0.6 is 0 Å². The minimum Gasteiger partial charge on any atom is -0.393 e. The van der Waals surface area contributed by atoms with Gasteiger partial charge in [-0.3, -0.25) is 4.79 Å². The third kappa shape index (κ3) is 2.59. The molecule has 3 nitrogen and oxygen atoms in total. The first-order valence-electron chi connectivity index (χ1n) is 7.69. The van der Waals surface area contributed by atoms with Gasteiger partial charge in [0.25, 0.3) is 0 Å². The van der Waals surface area contributed by atoms with Gasteiger partial charge in [-0.2, -0.15) is 0 Å². The molecule has 0 radical (unpaired) electrons. The number of rotatable bonds is 3. The van der Waals surface area contributed by atoms with Crippen molar-refractivity contribution >= 4 is 5.91 Å². The van der Waals surface area contributed by atoms with Gasteiger partial charge in [0, 0.05) is 19.5 Å². The zero-order chi connectivity index (χ0) is 14.0. The maximum absolute atomic E-state index is 12.2. The fraction of sp³-hybridized carbons (Fsp3) is 0.588. The summed E-state index contributed by atoms with van der Waals surface area (Å²) in [7, 11) is 0. The Morgan fingerprint density at radius 2 is 1.90 bits per heavy atom. The lowest BCUT2D eigenvalue weighted by atomic mass is 9.61. The number of hydrogen-bond acceptors (Lipinski definition) is 2. The van der Waals surface area contributed by atoms with Gasteiger partial charge in [-0.25, -0.2) is 0 Å². The molecule has 2 aliphatic rings. The fourth-order valence-electron chi connectivity index (χ4n) is 3.52. The van der Waals surface area contributed by atoms with Gasteiger partial charge in [0.05, 0.1) is 6.10 Å². The van der Waals surface area contributed by atoms with E-state index in [1.54, 1.807) is 0 Å². The summed E-state index contributed by atoms with van der Waals surface area (Å²) in [6.45, 7) is 1.65. The number of amides is 1. The van der Waals surface area contributed by atoms with Crippen molar-refractivity contribution in [2.75, 3.05) is 13.1 Å². The Morgan fingerprint density at radius 1 is 1.20 bits per heavy atom. The number of aliphatic hydroxyl groups excluding tert-OH is 1. The van der Waals surface area contributed by atoms with Crippen molar-refractivity contribution in [1.29, 1.82) is 0 Å². The summed E-state index contributed by atoms with van der Waals surface area (Å²) in [6, 6.07) is 10.2. The molecule has 1 N–H and O–H groups in total. The van der Waals surface area contributed by atoms with E-state index in [1.165, 1.54) is 5.56 Å². The average Bonchev–Trinajstić information content (AvgIpc) is 2.52. The van der Waals surface area contributed by atoms with Crippen molar-refractivity contribution in [1.82, 2.24) is 4.90 Å². The van der Waals surface area contributed by atoms with Gasteiger partial charge >= 0.3 is 0 Å². The predicted octanol–water partition coefficient (Wildman–Crippen LogP) is 2.38. The molecule has 0 aromatic heterocycles. The molecule has 20 heavy (non-hydrogen) atoms. The van der Waals surface area contributed by atoms with Crippen LogP contribution in [0.15, 0.2) is 30.3 Å². The summed E-state index contributed by atoms with van der Waals surface area (Å²) >= 11 is 0. The summed E-state index contributed by atoms with van der Waals surface area (Å²) in [5.74, 6) is 0.262. The molecule has 1 aromatic carbocycles. The third-order valence-electron chi connectivity index (χ3n) is 5.20. The Bertz CT molecular complexity index is 463. The number of hydrogen-bond donors (Lipinski definition) is 1. The molecule has 3 heteroatoms. The van der Waals surface area contributed by atoms with Crippen molar-refractivity contribution in [3.63, 3.8) is 0 Å². The highest BCUT2D eigenvalue weighted by Gasteiger charge is 2.47. The van der Waals surface area contributed by atoms with Crippen LogP contribution in [0.5, 0.6) is 0 Å². The molecular formula is C17H23NO2. The molecule has 1 aliphatic carbocycles. The van der Waals surface area contributed by atoms with Gasteiger partial charge in [-0.15, -0.1) is 0 Å². The van der Waals surface area contributed by atoms with E-state index in [4.69, 9.17) is 0 Å². The molecule has 1 amide bonds. The minimum atomic E-state index is -0.121. The molecule has 1 spiro atoms. The smallest absolute Gasteiger partial charge is 0.222 e. The van der Waals surface area contributed by atoms with Crippen LogP contribution in [0, 0.1) is 5.41 Å². The summed E-state index contributed by atoms with van der Waals surface area (Å²) in [6.07, 6.45) is 5.34. The number of carbonyl (C=O) groups excluding carboxylic acids is 1. The summed E-state index contributed by atoms with van der Waals surface area (Å²) < 4.78 is 0. The first kappa shape index (κ1) is 13.6. The normalized spacial score (nSPS) is 24.4. The van der Waals surface area contributed by atoms with Crippen molar-refractivity contribution < 1.29 is 9.90 Å². The van der Waals surface area contributed by atoms with Gasteiger partial charge in [-0.1, -0.05) is 30.3 Å². The molecule has 2 fully saturated rings. The number of piperidine rings is 1. The van der Waals surface area contributed by atoms with E-state index < -0.39 is 0 Å². The van der Waals surface area contributed by atoms with Crippen molar-refractivity contribution in [3.8, 4) is 0 Å². The highest BCUT2D eigenvalue weighted by atomic mass is 16.3. The maximum Gasteiger partial charge on any atom is 0.222 e. The third-order valence-corrected chi connectivity index (χ3v) is 5.20. The summed E-state index contributed by atoms with van der Waals surface area (Å²) in [4.78, 5) is 14.2. The Hall–Kier alpha value is -1.35. The first-order chi connectivity index (χ1) is 9.70. The van der Waals surface area contributed by atoms with Crippen LogP contribution < -0.4 is 0 Å². The number of nitrogens with zero attached hydrogens (tertiary/aromatic N) is 1. The molecule has 108 valence electrons. The molecule has 3 rings (SSSR count). The Labute approximate surface area is 120 Å². The number of aryl methyl sites for hydroxylation is 1. The zero-order valence-corrected chi connectivity index (χ0v) is 11.9. The van der Waals surface area contributed by atoms with Crippen molar-refractivity contribution in [3.05, 3.63) is 35.9 Å². The number of benzene rings is 1. The zero-order valence-electron chi connectivity index (χ0n) is 11.9. The SMILES string of the molecule is O=C(CCc1ccccc1)N1CCC2(CCC2O)CC1. The second-order valence-electron chi connectivity index (χ2n) is 6.28. The van der Waals surface area contributed by atoms with Gasteiger partial charge in [-0.05, 0) is 43.1 Å². The Kier molecular flexibility index (Phi) is 3.79. The lowest BCUT2D eigenvalue weighted by Gasteiger charge is -2.51. The van der Waals surface area contributed by atoms with Crippen LogP contribution in [0.25, 0.3) is 0 Å². The van der Waals surface area contributed by atoms with Crippen LogP contribution in [-0.4, -0.2) is 35.1 Å². The van der Waals surface area contributed by atoms with Gasteiger partial charge in [0.2, 0.25) is 5.91 Å². The first-order valence-corrected chi connectivity index (χ1v) is 7.69. The highest BCUT2D eigenvalue weighted by Crippen LogP contribution is 2.49. The van der Waals surface area contributed by atoms with Crippen LogP contribution in [-0.2, 0) is 11.2 Å². The fourth-order valence-corrected chi connectivity index (χ4v) is 3.52. The summed E-state index contributed by atoms with van der Waals surface area (Å²) in [5.41, 5.74) is 1.37. The van der Waals surface area contributed by atoms with E-state index in [-0.39, 0.29) is 17.4 Å². The van der Waals surface area contributed by atoms with E-state index in [0.717, 1.165) is 45.2 Å². The van der Waals surface area contributed by atoms with Crippen LogP contribution in [0.1, 0.15) is 37.7 Å². The van der Waals surface area contributed by atoms with E-state index in [0.29, 0.717) is 6.42 Å². The van der Waals surface area contributed by atoms with Gasteiger partial charge < -0.3 is 10.0 Å². The number of aliphatic hydroxyl groups is 1. The Balaban J connectivity index is 1.47. The topological polar surface area (TPSA) is 40.5 Å². The van der Waals surface area contributed by atoms with Gasteiger partial charge in [0.15, 0.2) is 0 Å². The quantitative estimate of drug-likeness (QED) is 0.918. The maximum atomic E-state index is 12.2. The molecule has 1 unspecified atom stereocenters. The van der Waals surface area contributed by atoms with E-state index >= 15 is 0 Å². The monoisotopic (exact) mass is 273 g/mol. The molecule has 0 bridgehead atoms. The Morgan fingerprint density at radius 3 is 2.45 bits per heavy atom. The van der Waals surface area contributed by atoms with E-state index in [2.05, 4.69) is 12.1 Å². The number of likely N-dealkylation sites (tertiary alicyclic amines) is 1. The van der Waals surface area contributed by atoms with E-state index in [9.17, 15) is 9.90 Å². The predicted molar refractivity (Wildman–Crippen MR) is 78.3 cm³/mol.